The maximum atomic E-state index is 12.7. The van der Waals surface area contributed by atoms with E-state index in [0.29, 0.717) is 18.8 Å². The lowest BCUT2D eigenvalue weighted by molar-refractivity contribution is -0.182. The summed E-state index contributed by atoms with van der Waals surface area (Å²) in [5, 5.41) is 6.70. The van der Waals surface area contributed by atoms with Crippen molar-refractivity contribution in [3.8, 4) is 0 Å². The molecule has 7 heteroatoms. The first-order chi connectivity index (χ1) is 11.0. The molecule has 0 heterocycles. The van der Waals surface area contributed by atoms with Crippen molar-refractivity contribution in [1.82, 2.24) is 10.6 Å². The van der Waals surface area contributed by atoms with Gasteiger partial charge in [-0.15, -0.1) is 0 Å². The number of nitrogens with one attached hydrogen (secondary N) is 2. The second-order valence-electron chi connectivity index (χ2n) is 7.86. The van der Waals surface area contributed by atoms with E-state index in [1.165, 1.54) is 0 Å². The van der Waals surface area contributed by atoms with Gasteiger partial charge in [0, 0.05) is 31.7 Å². The highest BCUT2D eigenvalue weighted by atomic mass is 19.4. The lowest BCUT2D eigenvalue weighted by atomic mass is 9.56. The maximum absolute atomic E-state index is 12.7. The predicted molar refractivity (Wildman–Crippen MR) is 89.0 cm³/mol. The molecule has 0 bridgehead atoms. The number of nitrogens with zero attached hydrogens (tertiary/aromatic N) is 1. The van der Waals surface area contributed by atoms with Crippen molar-refractivity contribution in [3.63, 3.8) is 0 Å². The molecule has 0 amide bonds. The minimum atomic E-state index is -4.06. The number of hydrogen-bond acceptors (Lipinski definition) is 2. The van der Waals surface area contributed by atoms with Gasteiger partial charge in [0.2, 0.25) is 0 Å². The Hall–Kier alpha value is -0.980. The lowest BCUT2D eigenvalue weighted by Crippen LogP contribution is -2.69. The Labute approximate surface area is 142 Å². The van der Waals surface area contributed by atoms with Gasteiger partial charge in [0.1, 0.15) is 0 Å². The standard InChI is InChI=1S/C17H30F3N3O/c1-15(2)13(10-16(15,3)24-5)23-14(21-4)22-12-8-6-11(7-9-12)17(18,19)20/h11-13H,6-10H2,1-5H3,(H2,21,22,23). The summed E-state index contributed by atoms with van der Waals surface area (Å²) in [5.74, 6) is -0.486. The van der Waals surface area contributed by atoms with Gasteiger partial charge in [-0.3, -0.25) is 4.99 Å². The fraction of sp³-hybridized carbons (Fsp3) is 0.941. The number of guanidine groups is 1. The summed E-state index contributed by atoms with van der Waals surface area (Å²) in [6, 6.07) is 0.270. The minimum absolute atomic E-state index is 0.0480. The van der Waals surface area contributed by atoms with E-state index in [0.717, 1.165) is 6.42 Å². The first kappa shape index (κ1) is 19.3. The van der Waals surface area contributed by atoms with Crippen LogP contribution in [-0.2, 0) is 4.74 Å². The molecule has 0 aromatic rings. The molecule has 4 nitrogen and oxygen atoms in total. The van der Waals surface area contributed by atoms with Gasteiger partial charge in [-0.25, -0.2) is 0 Å². The highest BCUT2D eigenvalue weighted by molar-refractivity contribution is 5.80. The Kier molecular flexibility index (Phi) is 5.43. The second kappa shape index (κ2) is 6.73. The topological polar surface area (TPSA) is 45.7 Å². The molecule has 0 saturated heterocycles. The van der Waals surface area contributed by atoms with Crippen LogP contribution >= 0.6 is 0 Å². The molecule has 140 valence electrons. The molecule has 2 saturated carbocycles. The van der Waals surface area contributed by atoms with E-state index < -0.39 is 12.1 Å². The van der Waals surface area contributed by atoms with Crippen LogP contribution < -0.4 is 10.6 Å². The average Bonchev–Trinajstić information content (AvgIpc) is 2.52. The van der Waals surface area contributed by atoms with E-state index in [4.69, 9.17) is 4.74 Å². The van der Waals surface area contributed by atoms with E-state index in [-0.39, 0.29) is 35.9 Å². The lowest BCUT2D eigenvalue weighted by Gasteiger charge is -2.59. The molecule has 2 unspecified atom stereocenters. The quantitative estimate of drug-likeness (QED) is 0.606. The summed E-state index contributed by atoms with van der Waals surface area (Å²) in [7, 11) is 3.42. The molecule has 2 aliphatic rings. The first-order valence-corrected chi connectivity index (χ1v) is 8.65. The monoisotopic (exact) mass is 349 g/mol. The van der Waals surface area contributed by atoms with Gasteiger partial charge >= 0.3 is 6.18 Å². The number of hydrogen-bond donors (Lipinski definition) is 2. The molecule has 0 spiro atoms. The van der Waals surface area contributed by atoms with Crippen molar-refractivity contribution in [3.05, 3.63) is 0 Å². The van der Waals surface area contributed by atoms with Crippen molar-refractivity contribution >= 4 is 5.96 Å². The maximum Gasteiger partial charge on any atom is 0.391 e. The highest BCUT2D eigenvalue weighted by Gasteiger charge is 2.58. The van der Waals surface area contributed by atoms with Crippen LogP contribution in [0.3, 0.4) is 0 Å². The Morgan fingerprint density at radius 3 is 2.08 bits per heavy atom. The average molecular weight is 349 g/mol. The molecule has 2 atom stereocenters. The van der Waals surface area contributed by atoms with E-state index in [1.807, 2.05) is 0 Å². The molecule has 0 aromatic carbocycles. The van der Waals surface area contributed by atoms with E-state index in [2.05, 4.69) is 36.4 Å². The molecule has 2 fully saturated rings. The first-order valence-electron chi connectivity index (χ1n) is 8.65. The zero-order valence-electron chi connectivity index (χ0n) is 15.3. The van der Waals surface area contributed by atoms with Crippen LogP contribution in [0.5, 0.6) is 0 Å². The fourth-order valence-electron chi connectivity index (χ4n) is 3.82. The largest absolute Gasteiger partial charge is 0.391 e. The number of ether oxygens (including phenoxy) is 1. The van der Waals surface area contributed by atoms with E-state index >= 15 is 0 Å². The molecule has 0 aliphatic heterocycles. The molecule has 0 radical (unpaired) electrons. The molecule has 0 aromatic heterocycles. The molecule has 2 N–H and O–H groups in total. The molecule has 2 rings (SSSR count). The number of aliphatic imine (C=N–C) groups is 1. The van der Waals surface area contributed by atoms with Crippen LogP contribution in [0.1, 0.15) is 52.9 Å². The van der Waals surface area contributed by atoms with Gasteiger partial charge in [0.15, 0.2) is 5.96 Å². The molecule has 24 heavy (non-hydrogen) atoms. The zero-order chi connectivity index (χ0) is 18.2. The van der Waals surface area contributed by atoms with Crippen LogP contribution in [0.15, 0.2) is 4.99 Å². The molecule has 2 aliphatic carbocycles. The summed E-state index contributed by atoms with van der Waals surface area (Å²) >= 11 is 0. The van der Waals surface area contributed by atoms with Gasteiger partial charge in [-0.05, 0) is 39.0 Å². The van der Waals surface area contributed by atoms with Crippen LogP contribution in [0, 0.1) is 11.3 Å². The van der Waals surface area contributed by atoms with Crippen molar-refractivity contribution in [2.45, 2.75) is 76.7 Å². The Balaban J connectivity index is 1.85. The summed E-state index contributed by atoms with van der Waals surface area (Å²) < 4.78 is 43.9. The minimum Gasteiger partial charge on any atom is -0.378 e. The number of alkyl halides is 3. The number of rotatable bonds is 3. The predicted octanol–water partition coefficient (Wildman–Crippen LogP) is 3.48. The SMILES string of the molecule is CN=C(NC1CCC(C(F)(F)F)CC1)NC1CC(C)(OC)C1(C)C. The second-order valence-corrected chi connectivity index (χ2v) is 7.86. The van der Waals surface area contributed by atoms with Gasteiger partial charge in [0.05, 0.1) is 11.5 Å². The van der Waals surface area contributed by atoms with Crippen LogP contribution in [0.25, 0.3) is 0 Å². The zero-order valence-corrected chi connectivity index (χ0v) is 15.3. The van der Waals surface area contributed by atoms with Crippen molar-refractivity contribution in [2.24, 2.45) is 16.3 Å². The van der Waals surface area contributed by atoms with Crippen molar-refractivity contribution in [2.75, 3.05) is 14.2 Å². The molecular weight excluding hydrogens is 319 g/mol. The summed E-state index contributed by atoms with van der Waals surface area (Å²) in [4.78, 5) is 4.24. The molecular formula is C17H30F3N3O. The summed E-state index contributed by atoms with van der Waals surface area (Å²) in [6.45, 7) is 6.40. The summed E-state index contributed by atoms with van der Waals surface area (Å²) in [5.41, 5.74) is -0.221. The van der Waals surface area contributed by atoms with Crippen LogP contribution in [0.4, 0.5) is 13.2 Å². The highest BCUT2D eigenvalue weighted by Crippen LogP contribution is 2.51. The third-order valence-electron chi connectivity index (χ3n) is 6.34. The van der Waals surface area contributed by atoms with E-state index in [1.54, 1.807) is 14.2 Å². The van der Waals surface area contributed by atoms with Crippen LogP contribution in [-0.4, -0.2) is 44.0 Å². The Morgan fingerprint density at radius 2 is 1.67 bits per heavy atom. The fourth-order valence-corrected chi connectivity index (χ4v) is 3.82. The van der Waals surface area contributed by atoms with Crippen molar-refractivity contribution in [1.29, 1.82) is 0 Å². The third-order valence-corrected chi connectivity index (χ3v) is 6.34. The van der Waals surface area contributed by atoms with Crippen molar-refractivity contribution < 1.29 is 17.9 Å². The number of halogens is 3. The normalized spacial score (nSPS) is 36.8. The summed E-state index contributed by atoms with van der Waals surface area (Å²) in [6.07, 6.45) is -1.77. The van der Waals surface area contributed by atoms with Crippen LogP contribution in [0.2, 0.25) is 0 Å². The Morgan fingerprint density at radius 1 is 1.08 bits per heavy atom. The van der Waals surface area contributed by atoms with Gasteiger partial charge in [-0.1, -0.05) is 13.8 Å². The smallest absolute Gasteiger partial charge is 0.378 e. The van der Waals surface area contributed by atoms with Gasteiger partial charge < -0.3 is 15.4 Å². The van der Waals surface area contributed by atoms with Gasteiger partial charge in [-0.2, -0.15) is 13.2 Å². The van der Waals surface area contributed by atoms with E-state index in [9.17, 15) is 13.2 Å². The third kappa shape index (κ3) is 3.65. The Bertz CT molecular complexity index is 470. The van der Waals surface area contributed by atoms with Gasteiger partial charge in [0.25, 0.3) is 0 Å². The number of methoxy groups -OCH3 is 1.